The Morgan fingerprint density at radius 2 is 1.82 bits per heavy atom. The summed E-state index contributed by atoms with van der Waals surface area (Å²) in [5.41, 5.74) is 1.23. The summed E-state index contributed by atoms with van der Waals surface area (Å²) in [6.45, 7) is 2.46. The van der Waals surface area contributed by atoms with Crippen LogP contribution in [0.2, 0.25) is 0 Å². The van der Waals surface area contributed by atoms with Gasteiger partial charge in [-0.15, -0.1) is 0 Å². The summed E-state index contributed by atoms with van der Waals surface area (Å²) < 4.78 is 2.51. The van der Waals surface area contributed by atoms with Gasteiger partial charge in [0.1, 0.15) is 0 Å². The van der Waals surface area contributed by atoms with E-state index >= 15 is 0 Å². The predicted octanol–water partition coefficient (Wildman–Crippen LogP) is 4.05. The van der Waals surface area contributed by atoms with Crippen LogP contribution in [0.1, 0.15) is 25.7 Å². The van der Waals surface area contributed by atoms with Gasteiger partial charge in [0.25, 0.3) is 0 Å². The highest BCUT2D eigenvalue weighted by molar-refractivity contribution is 7.97. The number of hydrogen-bond acceptors (Lipinski definition) is 2. The van der Waals surface area contributed by atoms with Crippen LogP contribution in [0, 0.1) is 0 Å². The van der Waals surface area contributed by atoms with Crippen LogP contribution in [0.15, 0.2) is 35.4 Å². The van der Waals surface area contributed by atoms with Crippen LogP contribution in [-0.4, -0.2) is 22.4 Å². The summed E-state index contributed by atoms with van der Waals surface area (Å²) >= 11 is 1.92. The lowest BCUT2D eigenvalue weighted by atomic mass is 10.2. The predicted molar refractivity (Wildman–Crippen MR) is 74.2 cm³/mol. The van der Waals surface area contributed by atoms with Crippen LogP contribution in [-0.2, 0) is 0 Å². The van der Waals surface area contributed by atoms with Crippen molar-refractivity contribution >= 4 is 22.9 Å². The maximum absolute atomic E-state index is 3.24. The van der Waals surface area contributed by atoms with Crippen LogP contribution in [0.5, 0.6) is 0 Å². The highest BCUT2D eigenvalue weighted by atomic mass is 32.2. The lowest BCUT2D eigenvalue weighted by Crippen LogP contribution is -2.15. The third kappa shape index (κ3) is 2.67. The quantitative estimate of drug-likeness (QED) is 0.806. The third-order valence-corrected chi connectivity index (χ3v) is 4.41. The maximum atomic E-state index is 3.24. The van der Waals surface area contributed by atoms with Crippen LogP contribution >= 0.6 is 11.9 Å². The van der Waals surface area contributed by atoms with Crippen molar-refractivity contribution in [1.82, 2.24) is 9.29 Å². The molecule has 0 unspecified atom stereocenters. The number of hydrogen-bond donors (Lipinski definition) is 1. The molecule has 0 saturated carbocycles. The van der Waals surface area contributed by atoms with Gasteiger partial charge in [-0.25, -0.2) is 4.31 Å². The van der Waals surface area contributed by atoms with Crippen molar-refractivity contribution in [1.29, 1.82) is 0 Å². The summed E-state index contributed by atoms with van der Waals surface area (Å²) in [5.74, 6) is 0. The van der Waals surface area contributed by atoms with Gasteiger partial charge in [-0.1, -0.05) is 12.8 Å². The normalized spacial score (nSPS) is 18.4. The first-order valence-corrected chi connectivity index (χ1v) is 7.19. The molecule has 0 aliphatic carbocycles. The molecule has 90 valence electrons. The summed E-state index contributed by atoms with van der Waals surface area (Å²) in [6, 6.07) is 8.81. The number of nitrogens with one attached hydrogen (secondary N) is 1. The summed E-state index contributed by atoms with van der Waals surface area (Å²) in [7, 11) is 0. The first-order valence-electron chi connectivity index (χ1n) is 6.42. The van der Waals surface area contributed by atoms with E-state index in [2.05, 4.69) is 33.6 Å². The van der Waals surface area contributed by atoms with E-state index in [4.69, 9.17) is 0 Å². The number of rotatable bonds is 2. The molecule has 1 fully saturated rings. The zero-order valence-electron chi connectivity index (χ0n) is 9.98. The van der Waals surface area contributed by atoms with Gasteiger partial charge in [-0.3, -0.25) is 0 Å². The number of fused-ring (bicyclic) bond motifs is 1. The molecule has 1 N–H and O–H groups in total. The topological polar surface area (TPSA) is 19.0 Å². The highest BCUT2D eigenvalue weighted by Crippen LogP contribution is 2.28. The molecule has 1 saturated heterocycles. The number of H-pyrrole nitrogens is 1. The van der Waals surface area contributed by atoms with Gasteiger partial charge in [0.15, 0.2) is 0 Å². The molecule has 0 bridgehead atoms. The number of aromatic amines is 1. The Kier molecular flexibility index (Phi) is 3.39. The van der Waals surface area contributed by atoms with Gasteiger partial charge in [0, 0.05) is 35.1 Å². The standard InChI is InChI=1S/C14H18N2S/c1-2-4-10-16(9-3-1)17-13-5-6-14-12(11-13)7-8-15-14/h5-8,11,15H,1-4,9-10H2. The largest absolute Gasteiger partial charge is 0.361 e. The molecular weight excluding hydrogens is 228 g/mol. The zero-order chi connectivity index (χ0) is 11.5. The van der Waals surface area contributed by atoms with Gasteiger partial charge in [-0.05, 0) is 49.1 Å². The van der Waals surface area contributed by atoms with Crippen LogP contribution in [0.3, 0.4) is 0 Å². The fourth-order valence-corrected chi connectivity index (χ4v) is 3.42. The van der Waals surface area contributed by atoms with Crippen molar-refractivity contribution in [2.75, 3.05) is 13.1 Å². The minimum Gasteiger partial charge on any atom is -0.361 e. The van der Waals surface area contributed by atoms with E-state index < -0.39 is 0 Å². The smallest absolute Gasteiger partial charge is 0.0454 e. The van der Waals surface area contributed by atoms with Gasteiger partial charge >= 0.3 is 0 Å². The molecule has 2 nitrogen and oxygen atoms in total. The molecule has 2 heterocycles. The lowest BCUT2D eigenvalue weighted by molar-refractivity contribution is 0.489. The highest BCUT2D eigenvalue weighted by Gasteiger charge is 2.10. The second kappa shape index (κ2) is 5.15. The molecule has 0 amide bonds. The second-order valence-corrected chi connectivity index (χ2v) is 5.83. The fraction of sp³-hybridized carbons (Fsp3) is 0.429. The zero-order valence-corrected chi connectivity index (χ0v) is 10.8. The van der Waals surface area contributed by atoms with Gasteiger partial charge in [0.2, 0.25) is 0 Å². The monoisotopic (exact) mass is 246 g/mol. The third-order valence-electron chi connectivity index (χ3n) is 3.32. The van der Waals surface area contributed by atoms with E-state index in [0.717, 1.165) is 0 Å². The molecule has 1 aromatic heterocycles. The van der Waals surface area contributed by atoms with E-state index in [1.807, 2.05) is 18.1 Å². The Bertz CT molecular complexity index is 484. The molecule has 3 rings (SSSR count). The molecule has 1 aromatic carbocycles. The molecule has 0 spiro atoms. The minimum absolute atomic E-state index is 1.23. The van der Waals surface area contributed by atoms with E-state index in [9.17, 15) is 0 Å². The second-order valence-electron chi connectivity index (χ2n) is 4.66. The van der Waals surface area contributed by atoms with Crippen molar-refractivity contribution in [3.05, 3.63) is 30.5 Å². The first kappa shape index (κ1) is 11.2. The van der Waals surface area contributed by atoms with Gasteiger partial charge in [0.05, 0.1) is 0 Å². The molecule has 1 aliphatic rings. The van der Waals surface area contributed by atoms with Crippen molar-refractivity contribution in [3.63, 3.8) is 0 Å². The maximum Gasteiger partial charge on any atom is 0.0454 e. The molecule has 2 aromatic rings. The van der Waals surface area contributed by atoms with Crippen molar-refractivity contribution in [2.45, 2.75) is 30.6 Å². The van der Waals surface area contributed by atoms with E-state index in [1.165, 1.54) is 54.6 Å². The SMILES string of the molecule is c1cc2cc(SN3CCCCCC3)ccc2[nH]1. The average Bonchev–Trinajstić information content (AvgIpc) is 2.65. The van der Waals surface area contributed by atoms with E-state index in [-0.39, 0.29) is 0 Å². The summed E-state index contributed by atoms with van der Waals surface area (Å²) in [4.78, 5) is 4.60. The first-order chi connectivity index (χ1) is 8.42. The van der Waals surface area contributed by atoms with Crippen molar-refractivity contribution in [2.24, 2.45) is 0 Å². The van der Waals surface area contributed by atoms with Crippen LogP contribution < -0.4 is 0 Å². The molecule has 3 heteroatoms. The minimum atomic E-state index is 1.23. The Morgan fingerprint density at radius 3 is 2.65 bits per heavy atom. The average molecular weight is 246 g/mol. The van der Waals surface area contributed by atoms with Crippen LogP contribution in [0.4, 0.5) is 0 Å². The Morgan fingerprint density at radius 1 is 1.00 bits per heavy atom. The van der Waals surface area contributed by atoms with Gasteiger partial charge < -0.3 is 4.98 Å². The van der Waals surface area contributed by atoms with E-state index in [1.54, 1.807) is 0 Å². The van der Waals surface area contributed by atoms with E-state index in [0.29, 0.717) is 0 Å². The van der Waals surface area contributed by atoms with Crippen LogP contribution in [0.25, 0.3) is 10.9 Å². The summed E-state index contributed by atoms with van der Waals surface area (Å²) in [6.07, 6.45) is 7.49. The Labute approximate surface area is 107 Å². The molecule has 17 heavy (non-hydrogen) atoms. The Hall–Kier alpha value is -0.930. The van der Waals surface area contributed by atoms with Gasteiger partial charge in [-0.2, -0.15) is 0 Å². The number of aromatic nitrogens is 1. The Balaban J connectivity index is 1.74. The molecule has 0 radical (unpaired) electrons. The van der Waals surface area contributed by atoms with Crippen molar-refractivity contribution < 1.29 is 0 Å². The lowest BCUT2D eigenvalue weighted by Gasteiger charge is -2.18. The number of nitrogens with zero attached hydrogens (tertiary/aromatic N) is 1. The fourth-order valence-electron chi connectivity index (χ4n) is 2.37. The van der Waals surface area contributed by atoms with Crippen molar-refractivity contribution in [3.8, 4) is 0 Å². The summed E-state index contributed by atoms with van der Waals surface area (Å²) in [5, 5.41) is 1.31. The number of benzene rings is 1. The molecule has 1 aliphatic heterocycles. The molecule has 0 atom stereocenters. The molecular formula is C14H18N2S.